The molecule has 6 nitrogen and oxygen atoms in total. The number of piperidine rings is 1. The van der Waals surface area contributed by atoms with Gasteiger partial charge in [0.05, 0.1) is 5.56 Å². The van der Waals surface area contributed by atoms with Crippen LogP contribution in [0.5, 0.6) is 0 Å². The highest BCUT2D eigenvalue weighted by Crippen LogP contribution is 2.40. The lowest BCUT2D eigenvalue weighted by Gasteiger charge is -2.27. The van der Waals surface area contributed by atoms with Gasteiger partial charge in [-0.25, -0.2) is 0 Å². The first-order valence-corrected chi connectivity index (χ1v) is 12.5. The monoisotopic (exact) mass is 457 g/mol. The number of carbonyl (C=O) groups is 3. The molecule has 0 atom stereocenters. The van der Waals surface area contributed by atoms with Crippen molar-refractivity contribution in [3.05, 3.63) is 41.5 Å². The van der Waals surface area contributed by atoms with Crippen molar-refractivity contribution < 1.29 is 14.4 Å². The molecule has 0 unspecified atom stereocenters. The fourth-order valence-electron chi connectivity index (χ4n) is 4.03. The average molecular weight is 458 g/mol. The summed E-state index contributed by atoms with van der Waals surface area (Å²) in [5, 5.41) is 3.63. The van der Waals surface area contributed by atoms with Crippen LogP contribution in [0.1, 0.15) is 41.6 Å². The minimum absolute atomic E-state index is 0.00273. The van der Waals surface area contributed by atoms with E-state index in [1.807, 2.05) is 42.2 Å². The zero-order valence-electron chi connectivity index (χ0n) is 17.7. The molecular weight excluding hydrogens is 430 g/mol. The highest BCUT2D eigenvalue weighted by atomic mass is 32.2. The number of thioether (sulfide) groups is 1. The van der Waals surface area contributed by atoms with Crippen molar-refractivity contribution in [2.24, 2.45) is 0 Å². The molecule has 0 spiro atoms. The molecule has 2 aliphatic heterocycles. The molecule has 4 rings (SSSR count). The lowest BCUT2D eigenvalue weighted by Crippen LogP contribution is -2.36. The molecule has 0 radical (unpaired) electrons. The number of hydrogen-bond acceptors (Lipinski definition) is 5. The van der Waals surface area contributed by atoms with E-state index in [0.29, 0.717) is 23.7 Å². The maximum absolute atomic E-state index is 13.4. The first-order valence-electron chi connectivity index (χ1n) is 10.7. The number of rotatable bonds is 6. The zero-order valence-corrected chi connectivity index (χ0v) is 19.3. The number of amides is 3. The van der Waals surface area contributed by atoms with Crippen LogP contribution in [0.15, 0.2) is 30.3 Å². The Morgan fingerprint density at radius 2 is 1.81 bits per heavy atom. The predicted octanol–water partition coefficient (Wildman–Crippen LogP) is 4.85. The summed E-state index contributed by atoms with van der Waals surface area (Å²) >= 11 is 2.75. The lowest BCUT2D eigenvalue weighted by molar-refractivity contribution is -0.116. The summed E-state index contributed by atoms with van der Waals surface area (Å²) in [7, 11) is 0. The van der Waals surface area contributed by atoms with Crippen molar-refractivity contribution in [2.45, 2.75) is 32.6 Å². The molecule has 2 aliphatic rings. The van der Waals surface area contributed by atoms with E-state index in [1.165, 1.54) is 23.1 Å². The summed E-state index contributed by atoms with van der Waals surface area (Å²) in [6.07, 6.45) is 3.41. The average Bonchev–Trinajstić information content (AvgIpc) is 3.35. The van der Waals surface area contributed by atoms with Crippen LogP contribution in [0.2, 0.25) is 0 Å². The molecule has 0 aliphatic carbocycles. The smallest absolute Gasteiger partial charge is 0.281 e. The summed E-state index contributed by atoms with van der Waals surface area (Å²) in [5.74, 6) is 0.606. The van der Waals surface area contributed by atoms with Crippen LogP contribution >= 0.6 is 23.1 Å². The van der Waals surface area contributed by atoms with Crippen molar-refractivity contribution in [1.82, 2.24) is 9.80 Å². The summed E-state index contributed by atoms with van der Waals surface area (Å²) in [6, 6.07) is 9.97. The maximum Gasteiger partial charge on any atom is 0.281 e. The number of nitrogens with zero attached hydrogens (tertiary/aromatic N) is 2. The summed E-state index contributed by atoms with van der Waals surface area (Å²) in [6.45, 7) is 4.58. The van der Waals surface area contributed by atoms with Crippen molar-refractivity contribution in [2.75, 3.05) is 37.2 Å². The third kappa shape index (κ3) is 4.96. The summed E-state index contributed by atoms with van der Waals surface area (Å²) in [5.41, 5.74) is 2.55. The van der Waals surface area contributed by atoms with Gasteiger partial charge in [0.15, 0.2) is 0 Å². The van der Waals surface area contributed by atoms with Crippen molar-refractivity contribution in [1.29, 1.82) is 0 Å². The van der Waals surface area contributed by atoms with Gasteiger partial charge in [-0.05, 0) is 37.3 Å². The van der Waals surface area contributed by atoms with Gasteiger partial charge >= 0.3 is 0 Å². The van der Waals surface area contributed by atoms with Crippen molar-refractivity contribution in [3.8, 4) is 10.4 Å². The lowest BCUT2D eigenvalue weighted by atomic mass is 10.0. The second kappa shape index (κ2) is 9.87. The van der Waals surface area contributed by atoms with Crippen LogP contribution in [0.25, 0.3) is 10.4 Å². The molecule has 2 aromatic rings. The molecule has 31 heavy (non-hydrogen) atoms. The number of carbonyl (C=O) groups excluding carboxylic acids is 3. The molecule has 164 valence electrons. The molecule has 1 aromatic heterocycles. The summed E-state index contributed by atoms with van der Waals surface area (Å²) < 4.78 is 0. The van der Waals surface area contributed by atoms with Crippen molar-refractivity contribution in [3.63, 3.8) is 0 Å². The molecule has 2 saturated heterocycles. The van der Waals surface area contributed by atoms with E-state index in [-0.39, 0.29) is 23.5 Å². The fraction of sp³-hybridized carbons (Fsp3) is 0.435. The summed E-state index contributed by atoms with van der Waals surface area (Å²) in [4.78, 5) is 42.5. The Labute approximate surface area is 191 Å². The number of anilines is 1. The van der Waals surface area contributed by atoms with Crippen LogP contribution in [0.4, 0.5) is 9.80 Å². The van der Waals surface area contributed by atoms with E-state index in [2.05, 4.69) is 5.32 Å². The zero-order chi connectivity index (χ0) is 21.8. The van der Waals surface area contributed by atoms with Gasteiger partial charge in [-0.3, -0.25) is 14.4 Å². The quantitative estimate of drug-likeness (QED) is 0.673. The minimum atomic E-state index is -0.168. The Hall–Kier alpha value is -2.32. The van der Waals surface area contributed by atoms with Gasteiger partial charge in [0.25, 0.3) is 11.1 Å². The SMILES string of the molecule is Cc1c(-c2ccccc2)sc(NC(=O)CCN2CCSC2=O)c1C(=O)N1CCCCC1. The second-order valence-corrected chi connectivity index (χ2v) is 9.95. The van der Waals surface area contributed by atoms with Crippen LogP contribution < -0.4 is 5.32 Å². The highest BCUT2D eigenvalue weighted by molar-refractivity contribution is 8.13. The van der Waals surface area contributed by atoms with E-state index in [1.54, 1.807) is 4.90 Å². The number of nitrogens with one attached hydrogen (secondary N) is 1. The van der Waals surface area contributed by atoms with Gasteiger partial charge in [-0.1, -0.05) is 42.1 Å². The highest BCUT2D eigenvalue weighted by Gasteiger charge is 2.28. The number of likely N-dealkylation sites (tertiary alicyclic amines) is 1. The Morgan fingerprint density at radius 3 is 2.48 bits per heavy atom. The van der Waals surface area contributed by atoms with Gasteiger partial charge in [-0.15, -0.1) is 11.3 Å². The van der Waals surface area contributed by atoms with Crippen molar-refractivity contribution >= 4 is 45.2 Å². The standard InChI is InChI=1S/C23H27N3O3S2/c1-16-19(22(28)25-11-6-3-7-12-25)21(31-20(16)17-8-4-2-5-9-17)24-18(27)10-13-26-14-15-30-23(26)29/h2,4-5,8-9H,3,6-7,10-15H2,1H3,(H,24,27). The Morgan fingerprint density at radius 1 is 1.06 bits per heavy atom. The first kappa shape index (κ1) is 21.9. The van der Waals surface area contributed by atoms with E-state index in [4.69, 9.17) is 0 Å². The van der Waals surface area contributed by atoms with Crippen LogP contribution in [-0.4, -0.2) is 58.8 Å². The topological polar surface area (TPSA) is 69.7 Å². The predicted molar refractivity (Wildman–Crippen MR) is 127 cm³/mol. The molecule has 1 N–H and O–H groups in total. The Kier molecular flexibility index (Phi) is 6.97. The number of hydrogen-bond donors (Lipinski definition) is 1. The van der Waals surface area contributed by atoms with Crippen LogP contribution in [-0.2, 0) is 4.79 Å². The normalized spacial score (nSPS) is 16.6. The van der Waals surface area contributed by atoms with Crippen LogP contribution in [0, 0.1) is 6.92 Å². The minimum Gasteiger partial charge on any atom is -0.339 e. The Balaban J connectivity index is 1.57. The number of benzene rings is 1. The molecular formula is C23H27N3O3S2. The largest absolute Gasteiger partial charge is 0.339 e. The molecule has 2 fully saturated rings. The van der Waals surface area contributed by atoms with Gasteiger partial charge in [0.1, 0.15) is 5.00 Å². The van der Waals surface area contributed by atoms with Gasteiger partial charge in [0.2, 0.25) is 5.91 Å². The Bertz CT molecular complexity index is 968. The molecule has 8 heteroatoms. The van der Waals surface area contributed by atoms with Crippen LogP contribution in [0.3, 0.4) is 0 Å². The van der Waals surface area contributed by atoms with E-state index >= 15 is 0 Å². The maximum atomic E-state index is 13.4. The second-order valence-electron chi connectivity index (χ2n) is 7.88. The molecule has 3 amide bonds. The van der Waals surface area contributed by atoms with E-state index < -0.39 is 0 Å². The third-order valence-electron chi connectivity index (χ3n) is 5.75. The third-order valence-corrected chi connectivity index (χ3v) is 7.89. The van der Waals surface area contributed by atoms with E-state index in [0.717, 1.165) is 54.1 Å². The van der Waals surface area contributed by atoms with Gasteiger partial charge in [-0.2, -0.15) is 0 Å². The van der Waals surface area contributed by atoms with Gasteiger partial charge < -0.3 is 15.1 Å². The molecule has 0 bridgehead atoms. The van der Waals surface area contributed by atoms with Gasteiger partial charge in [0, 0.05) is 43.2 Å². The molecule has 3 heterocycles. The number of thiophene rings is 1. The molecule has 0 saturated carbocycles. The fourth-order valence-corrected chi connectivity index (χ4v) is 6.11. The first-order chi connectivity index (χ1) is 15.0. The van der Waals surface area contributed by atoms with E-state index in [9.17, 15) is 14.4 Å². The molecule has 1 aromatic carbocycles.